The molecule has 0 aliphatic carbocycles. The third-order valence-electron chi connectivity index (χ3n) is 2.61. The molecule has 0 fully saturated rings. The molecule has 0 saturated heterocycles. The van der Waals surface area contributed by atoms with Crippen molar-refractivity contribution in [3.05, 3.63) is 30.5 Å². The smallest absolute Gasteiger partial charge is 0.308 e. The van der Waals surface area contributed by atoms with Gasteiger partial charge in [0.05, 0.1) is 11.6 Å². The Labute approximate surface area is 93.3 Å². The van der Waals surface area contributed by atoms with E-state index in [1.54, 1.807) is 6.92 Å². The Morgan fingerprint density at radius 1 is 1.50 bits per heavy atom. The molecule has 0 spiro atoms. The number of rotatable bonds is 4. The van der Waals surface area contributed by atoms with Gasteiger partial charge in [-0.25, -0.2) is 0 Å². The Bertz CT molecular complexity index is 504. The lowest BCUT2D eigenvalue weighted by atomic mass is 10.2. The lowest BCUT2D eigenvalue weighted by Gasteiger charge is -2.08. The molecule has 1 aromatic carbocycles. The molecule has 3 N–H and O–H groups in total. The fourth-order valence-electron chi connectivity index (χ4n) is 1.57. The lowest BCUT2D eigenvalue weighted by molar-refractivity contribution is -0.140. The van der Waals surface area contributed by atoms with Gasteiger partial charge in [-0.05, 0) is 6.07 Å². The maximum absolute atomic E-state index is 10.7. The Morgan fingerprint density at radius 3 is 3.00 bits per heavy atom. The third-order valence-corrected chi connectivity index (χ3v) is 2.61. The molecule has 0 saturated carbocycles. The van der Waals surface area contributed by atoms with Crippen molar-refractivity contribution in [2.45, 2.75) is 6.92 Å². The summed E-state index contributed by atoms with van der Waals surface area (Å²) in [5, 5.41) is 13.0. The number of aromatic nitrogens is 1. The van der Waals surface area contributed by atoms with Crippen LogP contribution in [0.2, 0.25) is 0 Å². The Balaban J connectivity index is 2.13. The zero-order valence-corrected chi connectivity index (χ0v) is 9.03. The molecule has 0 bridgehead atoms. The SMILES string of the molecule is CC(CNc1c[nH]c2ccccc12)C(=O)O. The fraction of sp³-hybridized carbons (Fsp3) is 0.250. The van der Waals surface area contributed by atoms with Gasteiger partial charge in [0.1, 0.15) is 0 Å². The van der Waals surface area contributed by atoms with Crippen LogP contribution in [0, 0.1) is 5.92 Å². The first-order chi connectivity index (χ1) is 7.68. The first-order valence-electron chi connectivity index (χ1n) is 5.21. The van der Waals surface area contributed by atoms with Gasteiger partial charge in [-0.1, -0.05) is 25.1 Å². The Kier molecular flexibility index (Phi) is 2.81. The van der Waals surface area contributed by atoms with Gasteiger partial charge in [0.25, 0.3) is 0 Å². The highest BCUT2D eigenvalue weighted by molar-refractivity contribution is 5.92. The van der Waals surface area contributed by atoms with Crippen molar-refractivity contribution in [3.8, 4) is 0 Å². The van der Waals surface area contributed by atoms with E-state index in [0.29, 0.717) is 6.54 Å². The monoisotopic (exact) mass is 218 g/mol. The van der Waals surface area contributed by atoms with Gasteiger partial charge in [-0.3, -0.25) is 4.79 Å². The highest BCUT2D eigenvalue weighted by Gasteiger charge is 2.11. The van der Waals surface area contributed by atoms with Gasteiger partial charge >= 0.3 is 5.97 Å². The second-order valence-corrected chi connectivity index (χ2v) is 3.87. The molecule has 0 amide bonds. The number of nitrogens with one attached hydrogen (secondary N) is 2. The van der Waals surface area contributed by atoms with E-state index in [0.717, 1.165) is 16.6 Å². The van der Waals surface area contributed by atoms with E-state index < -0.39 is 11.9 Å². The predicted molar refractivity (Wildman–Crippen MR) is 63.6 cm³/mol. The van der Waals surface area contributed by atoms with Crippen LogP contribution < -0.4 is 5.32 Å². The van der Waals surface area contributed by atoms with E-state index >= 15 is 0 Å². The summed E-state index contributed by atoms with van der Waals surface area (Å²) in [6.07, 6.45) is 1.86. The average Bonchev–Trinajstić information content (AvgIpc) is 2.69. The molecule has 84 valence electrons. The highest BCUT2D eigenvalue weighted by Crippen LogP contribution is 2.22. The van der Waals surface area contributed by atoms with Crippen LogP contribution in [-0.2, 0) is 4.79 Å². The molecule has 1 heterocycles. The number of H-pyrrole nitrogens is 1. The van der Waals surface area contributed by atoms with Gasteiger partial charge in [-0.2, -0.15) is 0 Å². The minimum atomic E-state index is -0.785. The van der Waals surface area contributed by atoms with Crippen LogP contribution in [0.15, 0.2) is 30.5 Å². The van der Waals surface area contributed by atoms with Crippen LogP contribution in [0.1, 0.15) is 6.92 Å². The summed E-state index contributed by atoms with van der Waals surface area (Å²) in [5.74, 6) is -1.18. The summed E-state index contributed by atoms with van der Waals surface area (Å²) in [6, 6.07) is 7.91. The van der Waals surface area contributed by atoms with Crippen LogP contribution in [-0.4, -0.2) is 22.6 Å². The van der Waals surface area contributed by atoms with Crippen molar-refractivity contribution in [2.75, 3.05) is 11.9 Å². The van der Waals surface area contributed by atoms with Gasteiger partial charge < -0.3 is 15.4 Å². The van der Waals surface area contributed by atoms with E-state index in [-0.39, 0.29) is 0 Å². The number of carboxylic acid groups (broad SMARTS) is 1. The second kappa shape index (κ2) is 4.26. The van der Waals surface area contributed by atoms with E-state index in [9.17, 15) is 4.79 Å². The molecule has 2 aromatic rings. The maximum Gasteiger partial charge on any atom is 0.308 e. The van der Waals surface area contributed by atoms with Crippen molar-refractivity contribution >= 4 is 22.6 Å². The molecular weight excluding hydrogens is 204 g/mol. The number of aliphatic carboxylic acids is 1. The summed E-state index contributed by atoms with van der Waals surface area (Å²) in [7, 11) is 0. The van der Waals surface area contributed by atoms with Crippen LogP contribution in [0.3, 0.4) is 0 Å². The second-order valence-electron chi connectivity index (χ2n) is 3.87. The van der Waals surface area contributed by atoms with E-state index in [2.05, 4.69) is 10.3 Å². The third kappa shape index (κ3) is 2.00. The molecule has 16 heavy (non-hydrogen) atoms. The average molecular weight is 218 g/mol. The van der Waals surface area contributed by atoms with Gasteiger partial charge in [-0.15, -0.1) is 0 Å². The topological polar surface area (TPSA) is 65.1 Å². The van der Waals surface area contributed by atoms with Crippen molar-refractivity contribution in [1.29, 1.82) is 0 Å². The summed E-state index contributed by atoms with van der Waals surface area (Å²) in [6.45, 7) is 2.11. The summed E-state index contributed by atoms with van der Waals surface area (Å²) in [5.41, 5.74) is 2.00. The van der Waals surface area contributed by atoms with Crippen LogP contribution in [0.5, 0.6) is 0 Å². The molecule has 1 aromatic heterocycles. The number of para-hydroxylation sites is 1. The standard InChI is InChI=1S/C12H14N2O2/c1-8(12(15)16)6-13-11-7-14-10-5-3-2-4-9(10)11/h2-5,7-8,13-14H,6H2,1H3,(H,15,16). The molecule has 0 aliphatic rings. The first-order valence-corrected chi connectivity index (χ1v) is 5.21. The Hall–Kier alpha value is -1.97. The number of aromatic amines is 1. The number of benzene rings is 1. The van der Waals surface area contributed by atoms with Gasteiger partial charge in [0, 0.05) is 23.6 Å². The maximum atomic E-state index is 10.7. The zero-order valence-electron chi connectivity index (χ0n) is 9.03. The van der Waals surface area contributed by atoms with Crippen LogP contribution in [0.25, 0.3) is 10.9 Å². The predicted octanol–water partition coefficient (Wildman–Crippen LogP) is 2.30. The number of anilines is 1. The molecule has 4 nitrogen and oxygen atoms in total. The quantitative estimate of drug-likeness (QED) is 0.737. The van der Waals surface area contributed by atoms with E-state index in [1.165, 1.54) is 0 Å². The molecule has 1 unspecified atom stereocenters. The van der Waals surface area contributed by atoms with Crippen molar-refractivity contribution < 1.29 is 9.90 Å². The number of carboxylic acids is 1. The summed E-state index contributed by atoms with van der Waals surface area (Å²) in [4.78, 5) is 13.8. The molecule has 1 atom stereocenters. The molecule has 0 aliphatic heterocycles. The van der Waals surface area contributed by atoms with Gasteiger partial charge in [0.15, 0.2) is 0 Å². The number of fused-ring (bicyclic) bond motifs is 1. The van der Waals surface area contributed by atoms with Gasteiger partial charge in [0.2, 0.25) is 0 Å². The lowest BCUT2D eigenvalue weighted by Crippen LogP contribution is -2.19. The minimum absolute atomic E-state index is 0.395. The largest absolute Gasteiger partial charge is 0.481 e. The fourth-order valence-corrected chi connectivity index (χ4v) is 1.57. The normalized spacial score (nSPS) is 12.6. The van der Waals surface area contributed by atoms with Crippen LogP contribution >= 0.6 is 0 Å². The molecule has 0 radical (unpaired) electrons. The first kappa shape index (κ1) is 10.5. The summed E-state index contributed by atoms with van der Waals surface area (Å²) >= 11 is 0. The van der Waals surface area contributed by atoms with Crippen molar-refractivity contribution in [2.24, 2.45) is 5.92 Å². The number of hydrogen-bond donors (Lipinski definition) is 3. The van der Waals surface area contributed by atoms with Crippen molar-refractivity contribution in [3.63, 3.8) is 0 Å². The van der Waals surface area contributed by atoms with Crippen LogP contribution in [0.4, 0.5) is 5.69 Å². The number of hydrogen-bond acceptors (Lipinski definition) is 2. The summed E-state index contributed by atoms with van der Waals surface area (Å²) < 4.78 is 0. The van der Waals surface area contributed by atoms with Crippen molar-refractivity contribution in [1.82, 2.24) is 4.98 Å². The Morgan fingerprint density at radius 2 is 2.25 bits per heavy atom. The number of carbonyl (C=O) groups is 1. The van der Waals surface area contributed by atoms with E-state index in [4.69, 9.17) is 5.11 Å². The zero-order chi connectivity index (χ0) is 11.5. The molecule has 2 rings (SSSR count). The molecular formula is C12H14N2O2. The van der Waals surface area contributed by atoms with E-state index in [1.807, 2.05) is 30.5 Å². The molecule has 4 heteroatoms. The minimum Gasteiger partial charge on any atom is -0.481 e. The highest BCUT2D eigenvalue weighted by atomic mass is 16.4.